The normalized spacial score (nSPS) is 10.6. The van der Waals surface area contributed by atoms with Crippen LogP contribution >= 0.6 is 0 Å². The molecule has 0 aliphatic rings. The van der Waals surface area contributed by atoms with Gasteiger partial charge in [-0.15, -0.1) is 0 Å². The number of benzene rings is 1. The van der Waals surface area contributed by atoms with Crippen LogP contribution in [0.1, 0.15) is 29.5 Å². The van der Waals surface area contributed by atoms with Crippen molar-refractivity contribution in [1.29, 1.82) is 0 Å². The first kappa shape index (κ1) is 18.6. The van der Waals surface area contributed by atoms with Gasteiger partial charge in [-0.2, -0.15) is 0 Å². The molecule has 0 saturated heterocycles. The molecule has 25 heavy (non-hydrogen) atoms. The standard InChI is InChI=1S/C17H16F3NO4/c1-2-24-14(22)7-8-21(10-11-4-3-9-25-11)17(23)12-5-6-13(18)16(20)15(12)19/h3-6,9H,2,7-8,10H2,1H3. The Bertz CT molecular complexity index is 747. The summed E-state index contributed by atoms with van der Waals surface area (Å²) in [5, 5.41) is 0. The van der Waals surface area contributed by atoms with Crippen LogP contribution in [-0.4, -0.2) is 29.9 Å². The maximum atomic E-state index is 13.9. The second-order valence-electron chi connectivity index (χ2n) is 5.08. The molecular weight excluding hydrogens is 339 g/mol. The van der Waals surface area contributed by atoms with Crippen LogP contribution in [0.15, 0.2) is 34.9 Å². The average Bonchev–Trinajstić information content (AvgIpc) is 3.09. The number of rotatable bonds is 7. The molecule has 5 nitrogen and oxygen atoms in total. The van der Waals surface area contributed by atoms with Crippen molar-refractivity contribution in [3.8, 4) is 0 Å². The second-order valence-corrected chi connectivity index (χ2v) is 5.08. The number of ether oxygens (including phenoxy) is 1. The lowest BCUT2D eigenvalue weighted by Crippen LogP contribution is -2.33. The number of carbonyl (C=O) groups excluding carboxylic acids is 2. The molecule has 8 heteroatoms. The molecule has 0 bridgehead atoms. The largest absolute Gasteiger partial charge is 0.467 e. The molecule has 0 unspecified atom stereocenters. The quantitative estimate of drug-likeness (QED) is 0.565. The Kier molecular flexibility index (Phi) is 6.21. The van der Waals surface area contributed by atoms with E-state index in [1.807, 2.05) is 0 Å². The molecule has 0 aliphatic heterocycles. The van der Waals surface area contributed by atoms with E-state index in [0.717, 1.165) is 11.0 Å². The van der Waals surface area contributed by atoms with Gasteiger partial charge in [-0.25, -0.2) is 13.2 Å². The summed E-state index contributed by atoms with van der Waals surface area (Å²) < 4.78 is 50.3. The Balaban J connectivity index is 2.22. The SMILES string of the molecule is CCOC(=O)CCN(Cc1ccco1)C(=O)c1ccc(F)c(F)c1F. The number of halogens is 3. The predicted octanol–water partition coefficient (Wildman–Crippen LogP) is 3.29. The van der Waals surface area contributed by atoms with Gasteiger partial charge in [0.2, 0.25) is 0 Å². The highest BCUT2D eigenvalue weighted by Gasteiger charge is 2.24. The zero-order valence-corrected chi connectivity index (χ0v) is 13.4. The van der Waals surface area contributed by atoms with Gasteiger partial charge in [-0.3, -0.25) is 9.59 Å². The van der Waals surface area contributed by atoms with Crippen molar-refractivity contribution >= 4 is 11.9 Å². The summed E-state index contributed by atoms with van der Waals surface area (Å²) in [5.74, 6) is -5.74. The van der Waals surface area contributed by atoms with E-state index in [9.17, 15) is 22.8 Å². The Morgan fingerprint density at radius 1 is 1.16 bits per heavy atom. The Morgan fingerprint density at radius 3 is 2.56 bits per heavy atom. The smallest absolute Gasteiger partial charge is 0.307 e. The lowest BCUT2D eigenvalue weighted by Gasteiger charge is -2.21. The number of hydrogen-bond donors (Lipinski definition) is 0. The van der Waals surface area contributed by atoms with Crippen LogP contribution in [0.4, 0.5) is 13.2 Å². The zero-order valence-electron chi connectivity index (χ0n) is 13.4. The van der Waals surface area contributed by atoms with E-state index in [0.29, 0.717) is 11.8 Å². The predicted molar refractivity (Wildman–Crippen MR) is 81.0 cm³/mol. The van der Waals surface area contributed by atoms with Gasteiger partial charge in [0.15, 0.2) is 17.5 Å². The monoisotopic (exact) mass is 355 g/mol. The van der Waals surface area contributed by atoms with Gasteiger partial charge in [0.25, 0.3) is 5.91 Å². The van der Waals surface area contributed by atoms with Gasteiger partial charge in [-0.1, -0.05) is 0 Å². The molecule has 2 rings (SSSR count). The van der Waals surface area contributed by atoms with Crippen LogP contribution in [0.3, 0.4) is 0 Å². The molecule has 0 radical (unpaired) electrons. The second kappa shape index (κ2) is 8.36. The third-order valence-electron chi connectivity index (χ3n) is 3.37. The topological polar surface area (TPSA) is 59.8 Å². The first-order chi connectivity index (χ1) is 11.9. The molecule has 0 atom stereocenters. The maximum absolute atomic E-state index is 13.9. The highest BCUT2D eigenvalue weighted by Crippen LogP contribution is 2.18. The number of nitrogens with zero attached hydrogens (tertiary/aromatic N) is 1. The fraction of sp³-hybridized carbons (Fsp3) is 0.294. The van der Waals surface area contributed by atoms with E-state index < -0.39 is 34.9 Å². The number of furan rings is 1. The van der Waals surface area contributed by atoms with E-state index in [2.05, 4.69) is 0 Å². The maximum Gasteiger partial charge on any atom is 0.307 e. The van der Waals surface area contributed by atoms with E-state index >= 15 is 0 Å². The summed E-state index contributed by atoms with van der Waals surface area (Å²) in [6, 6.07) is 4.71. The number of carbonyl (C=O) groups is 2. The van der Waals surface area contributed by atoms with Crippen LogP contribution in [0.2, 0.25) is 0 Å². The molecule has 1 heterocycles. The molecular formula is C17H16F3NO4. The van der Waals surface area contributed by atoms with Gasteiger partial charge >= 0.3 is 5.97 Å². The van der Waals surface area contributed by atoms with Gasteiger partial charge in [0, 0.05) is 6.54 Å². The zero-order chi connectivity index (χ0) is 18.4. The minimum absolute atomic E-state index is 0.0658. The molecule has 0 spiro atoms. The van der Waals surface area contributed by atoms with E-state index in [-0.39, 0.29) is 26.1 Å². The van der Waals surface area contributed by atoms with Crippen molar-refractivity contribution in [1.82, 2.24) is 4.90 Å². The van der Waals surface area contributed by atoms with Crippen LogP contribution < -0.4 is 0 Å². The molecule has 2 aromatic rings. The van der Waals surface area contributed by atoms with Crippen molar-refractivity contribution in [3.05, 3.63) is 59.3 Å². The lowest BCUT2D eigenvalue weighted by molar-refractivity contribution is -0.143. The first-order valence-corrected chi connectivity index (χ1v) is 7.54. The van der Waals surface area contributed by atoms with Gasteiger partial charge in [0.05, 0.1) is 31.4 Å². The van der Waals surface area contributed by atoms with Crippen LogP contribution in [0.5, 0.6) is 0 Å². The molecule has 1 aromatic carbocycles. The van der Waals surface area contributed by atoms with Gasteiger partial charge in [0.1, 0.15) is 5.76 Å². The molecule has 0 saturated carbocycles. The van der Waals surface area contributed by atoms with Crippen LogP contribution in [-0.2, 0) is 16.1 Å². The molecule has 134 valence electrons. The molecule has 0 N–H and O–H groups in total. The van der Waals surface area contributed by atoms with Gasteiger partial charge in [-0.05, 0) is 31.2 Å². The molecule has 1 aromatic heterocycles. The summed E-state index contributed by atoms with van der Waals surface area (Å²) >= 11 is 0. The third-order valence-corrected chi connectivity index (χ3v) is 3.37. The highest BCUT2D eigenvalue weighted by molar-refractivity contribution is 5.94. The van der Waals surface area contributed by atoms with Crippen molar-refractivity contribution in [2.45, 2.75) is 19.9 Å². The third kappa shape index (κ3) is 4.62. The summed E-state index contributed by atoms with van der Waals surface area (Å²) in [5.41, 5.74) is -0.630. The Hall–Kier alpha value is -2.77. The molecule has 0 fully saturated rings. The summed E-state index contributed by atoms with van der Waals surface area (Å²) in [7, 11) is 0. The number of esters is 1. The Labute approximate surface area is 142 Å². The first-order valence-electron chi connectivity index (χ1n) is 7.54. The van der Waals surface area contributed by atoms with Crippen molar-refractivity contribution in [2.24, 2.45) is 0 Å². The number of hydrogen-bond acceptors (Lipinski definition) is 4. The highest BCUT2D eigenvalue weighted by atomic mass is 19.2. The fourth-order valence-electron chi connectivity index (χ4n) is 2.16. The minimum atomic E-state index is -1.73. The minimum Gasteiger partial charge on any atom is -0.467 e. The number of amides is 1. The summed E-state index contributed by atoms with van der Waals surface area (Å²) in [6.07, 6.45) is 1.26. The van der Waals surface area contributed by atoms with Crippen LogP contribution in [0, 0.1) is 17.5 Å². The molecule has 1 amide bonds. The van der Waals surface area contributed by atoms with Gasteiger partial charge < -0.3 is 14.1 Å². The van der Waals surface area contributed by atoms with Crippen molar-refractivity contribution < 1.29 is 31.9 Å². The van der Waals surface area contributed by atoms with E-state index in [4.69, 9.17) is 9.15 Å². The van der Waals surface area contributed by atoms with E-state index in [1.54, 1.807) is 19.1 Å². The average molecular weight is 355 g/mol. The van der Waals surface area contributed by atoms with Crippen molar-refractivity contribution in [3.63, 3.8) is 0 Å². The molecule has 0 aliphatic carbocycles. The fourth-order valence-corrected chi connectivity index (χ4v) is 2.16. The summed E-state index contributed by atoms with van der Waals surface area (Å²) in [6.45, 7) is 1.66. The van der Waals surface area contributed by atoms with E-state index in [1.165, 1.54) is 6.26 Å². The summed E-state index contributed by atoms with van der Waals surface area (Å²) in [4.78, 5) is 25.1. The lowest BCUT2D eigenvalue weighted by atomic mass is 10.1. The van der Waals surface area contributed by atoms with Crippen LogP contribution in [0.25, 0.3) is 0 Å². The Morgan fingerprint density at radius 2 is 1.92 bits per heavy atom. The van der Waals surface area contributed by atoms with Crippen molar-refractivity contribution in [2.75, 3.05) is 13.2 Å².